The van der Waals surface area contributed by atoms with Crippen LogP contribution in [-0.2, 0) is 0 Å². The number of aryl methyl sites for hydroxylation is 1. The van der Waals surface area contributed by atoms with Gasteiger partial charge in [0.15, 0.2) is 0 Å². The monoisotopic (exact) mass is 223 g/mol. The Kier molecular flexibility index (Phi) is 3.56. The molecule has 0 bridgehead atoms. The van der Waals surface area contributed by atoms with E-state index in [2.05, 4.69) is 5.32 Å². The summed E-state index contributed by atoms with van der Waals surface area (Å²) in [4.78, 5) is 0. The molecule has 2 rings (SSSR count). The number of hydrogen-bond acceptors (Lipinski definition) is 2. The Hall–Kier alpha value is -0.930. The minimum Gasteiger partial charge on any atom is -0.387 e. The van der Waals surface area contributed by atoms with E-state index in [-0.39, 0.29) is 11.9 Å². The molecule has 1 aliphatic heterocycles. The fourth-order valence-corrected chi connectivity index (χ4v) is 2.32. The number of benzene rings is 1. The highest BCUT2D eigenvalue weighted by Gasteiger charge is 2.22. The van der Waals surface area contributed by atoms with Crippen LogP contribution >= 0.6 is 0 Å². The van der Waals surface area contributed by atoms with Gasteiger partial charge in [0, 0.05) is 6.04 Å². The molecule has 0 aliphatic carbocycles. The van der Waals surface area contributed by atoms with Crippen LogP contribution in [0.2, 0.25) is 0 Å². The predicted molar refractivity (Wildman–Crippen MR) is 61.7 cm³/mol. The molecule has 2 atom stereocenters. The zero-order chi connectivity index (χ0) is 11.5. The van der Waals surface area contributed by atoms with Crippen molar-refractivity contribution >= 4 is 0 Å². The Balaban J connectivity index is 2.15. The van der Waals surface area contributed by atoms with Gasteiger partial charge in [0.25, 0.3) is 0 Å². The first-order chi connectivity index (χ1) is 7.66. The standard InChI is InChI=1S/C13H18FNO/c1-9-6-10(8-11(14)7-9)13(16)12-4-2-3-5-15-12/h6-8,12-13,15-16H,2-5H2,1H3. The summed E-state index contributed by atoms with van der Waals surface area (Å²) >= 11 is 0. The topological polar surface area (TPSA) is 32.3 Å². The summed E-state index contributed by atoms with van der Waals surface area (Å²) in [5.74, 6) is -0.273. The Labute approximate surface area is 95.5 Å². The number of halogens is 1. The molecule has 0 spiro atoms. The van der Waals surface area contributed by atoms with Gasteiger partial charge >= 0.3 is 0 Å². The maximum absolute atomic E-state index is 13.2. The molecule has 0 aromatic heterocycles. The second-order valence-corrected chi connectivity index (χ2v) is 4.56. The van der Waals surface area contributed by atoms with Crippen LogP contribution in [0.5, 0.6) is 0 Å². The first-order valence-corrected chi connectivity index (χ1v) is 5.85. The maximum Gasteiger partial charge on any atom is 0.123 e. The number of aliphatic hydroxyl groups excluding tert-OH is 1. The molecule has 2 nitrogen and oxygen atoms in total. The molecular weight excluding hydrogens is 205 g/mol. The largest absolute Gasteiger partial charge is 0.387 e. The number of piperidine rings is 1. The van der Waals surface area contributed by atoms with E-state index in [4.69, 9.17) is 0 Å². The van der Waals surface area contributed by atoms with E-state index in [1.54, 1.807) is 0 Å². The molecule has 1 saturated heterocycles. The van der Waals surface area contributed by atoms with Crippen molar-refractivity contribution in [2.24, 2.45) is 0 Å². The van der Waals surface area contributed by atoms with Crippen molar-refractivity contribution in [1.82, 2.24) is 5.32 Å². The minimum absolute atomic E-state index is 0.0648. The molecule has 1 fully saturated rings. The summed E-state index contributed by atoms with van der Waals surface area (Å²) in [6.07, 6.45) is 2.64. The van der Waals surface area contributed by atoms with E-state index in [1.807, 2.05) is 13.0 Å². The zero-order valence-electron chi connectivity index (χ0n) is 9.54. The van der Waals surface area contributed by atoms with Crippen molar-refractivity contribution in [2.45, 2.75) is 38.3 Å². The summed E-state index contributed by atoms with van der Waals surface area (Å²) < 4.78 is 13.2. The van der Waals surface area contributed by atoms with Gasteiger partial charge in [-0.3, -0.25) is 0 Å². The van der Waals surface area contributed by atoms with E-state index in [0.29, 0.717) is 5.56 Å². The van der Waals surface area contributed by atoms with Gasteiger partial charge in [0.1, 0.15) is 5.82 Å². The SMILES string of the molecule is Cc1cc(F)cc(C(O)C2CCCCN2)c1. The lowest BCUT2D eigenvalue weighted by atomic mass is 9.94. The van der Waals surface area contributed by atoms with Gasteiger partial charge in [-0.05, 0) is 49.6 Å². The summed E-state index contributed by atoms with van der Waals surface area (Å²) in [6, 6.07) is 4.82. The lowest BCUT2D eigenvalue weighted by Crippen LogP contribution is -2.38. The summed E-state index contributed by atoms with van der Waals surface area (Å²) in [5, 5.41) is 13.4. The van der Waals surface area contributed by atoms with Crippen molar-refractivity contribution in [1.29, 1.82) is 0 Å². The van der Waals surface area contributed by atoms with E-state index in [1.165, 1.54) is 12.1 Å². The first-order valence-electron chi connectivity index (χ1n) is 5.85. The zero-order valence-corrected chi connectivity index (χ0v) is 9.54. The van der Waals surface area contributed by atoms with Crippen LogP contribution in [0.25, 0.3) is 0 Å². The van der Waals surface area contributed by atoms with Crippen LogP contribution in [0.15, 0.2) is 18.2 Å². The number of aliphatic hydroxyl groups is 1. The molecule has 0 amide bonds. The Morgan fingerprint density at radius 3 is 2.81 bits per heavy atom. The van der Waals surface area contributed by atoms with Crippen LogP contribution in [0.3, 0.4) is 0 Å². The fraction of sp³-hybridized carbons (Fsp3) is 0.538. The Bertz CT molecular complexity index is 341. The highest BCUT2D eigenvalue weighted by atomic mass is 19.1. The molecule has 1 aromatic carbocycles. The smallest absolute Gasteiger partial charge is 0.123 e. The van der Waals surface area contributed by atoms with E-state index in [0.717, 1.165) is 31.4 Å². The summed E-state index contributed by atoms with van der Waals surface area (Å²) in [5.41, 5.74) is 1.53. The number of rotatable bonds is 2. The van der Waals surface area contributed by atoms with Crippen molar-refractivity contribution in [3.8, 4) is 0 Å². The van der Waals surface area contributed by atoms with Crippen molar-refractivity contribution < 1.29 is 9.50 Å². The second-order valence-electron chi connectivity index (χ2n) is 4.56. The van der Waals surface area contributed by atoms with Crippen LogP contribution in [0.1, 0.15) is 36.5 Å². The molecule has 88 valence electrons. The molecule has 0 radical (unpaired) electrons. The Morgan fingerprint density at radius 2 is 2.19 bits per heavy atom. The number of nitrogens with one attached hydrogen (secondary N) is 1. The Morgan fingerprint density at radius 1 is 1.38 bits per heavy atom. The summed E-state index contributed by atoms with van der Waals surface area (Å²) in [6.45, 7) is 2.78. The summed E-state index contributed by atoms with van der Waals surface area (Å²) in [7, 11) is 0. The molecule has 3 heteroatoms. The van der Waals surface area contributed by atoms with E-state index in [9.17, 15) is 9.50 Å². The van der Waals surface area contributed by atoms with Gasteiger partial charge in [-0.15, -0.1) is 0 Å². The molecule has 0 saturated carbocycles. The van der Waals surface area contributed by atoms with Gasteiger partial charge in [0.05, 0.1) is 6.10 Å². The lowest BCUT2D eigenvalue weighted by molar-refractivity contribution is 0.113. The lowest BCUT2D eigenvalue weighted by Gasteiger charge is -2.28. The van der Waals surface area contributed by atoms with Gasteiger partial charge < -0.3 is 10.4 Å². The molecular formula is C13H18FNO. The van der Waals surface area contributed by atoms with Crippen LogP contribution < -0.4 is 5.32 Å². The predicted octanol–water partition coefficient (Wildman–Crippen LogP) is 2.31. The highest BCUT2D eigenvalue weighted by Crippen LogP contribution is 2.24. The van der Waals surface area contributed by atoms with Gasteiger partial charge in [-0.1, -0.05) is 12.5 Å². The molecule has 1 aliphatic rings. The fourth-order valence-electron chi connectivity index (χ4n) is 2.32. The highest BCUT2D eigenvalue weighted by molar-refractivity contribution is 5.26. The molecule has 2 unspecified atom stereocenters. The second kappa shape index (κ2) is 4.93. The minimum atomic E-state index is -0.602. The maximum atomic E-state index is 13.2. The van der Waals surface area contributed by atoms with Crippen molar-refractivity contribution in [2.75, 3.05) is 6.54 Å². The normalized spacial score (nSPS) is 23.1. The van der Waals surface area contributed by atoms with E-state index < -0.39 is 6.10 Å². The van der Waals surface area contributed by atoms with Gasteiger partial charge in [-0.25, -0.2) is 4.39 Å². The molecule has 2 N–H and O–H groups in total. The van der Waals surface area contributed by atoms with Crippen LogP contribution in [0, 0.1) is 12.7 Å². The third-order valence-electron chi connectivity index (χ3n) is 3.14. The van der Waals surface area contributed by atoms with Crippen molar-refractivity contribution in [3.05, 3.63) is 35.1 Å². The molecule has 1 heterocycles. The average molecular weight is 223 g/mol. The quantitative estimate of drug-likeness (QED) is 0.806. The third-order valence-corrected chi connectivity index (χ3v) is 3.14. The van der Waals surface area contributed by atoms with Gasteiger partial charge in [-0.2, -0.15) is 0 Å². The van der Waals surface area contributed by atoms with Crippen LogP contribution in [0.4, 0.5) is 4.39 Å². The van der Waals surface area contributed by atoms with Gasteiger partial charge in [0.2, 0.25) is 0 Å². The first kappa shape index (κ1) is 11.6. The third kappa shape index (κ3) is 2.60. The molecule has 1 aromatic rings. The molecule has 16 heavy (non-hydrogen) atoms. The van der Waals surface area contributed by atoms with Crippen molar-refractivity contribution in [3.63, 3.8) is 0 Å². The number of hydrogen-bond donors (Lipinski definition) is 2. The van der Waals surface area contributed by atoms with E-state index >= 15 is 0 Å². The van der Waals surface area contributed by atoms with Crippen LogP contribution in [-0.4, -0.2) is 17.7 Å². The average Bonchev–Trinajstić information content (AvgIpc) is 2.28.